The minimum Gasteiger partial charge on any atom is -0.395 e. The Bertz CT molecular complexity index is 285. The first kappa shape index (κ1) is 11.9. The molecule has 0 aliphatic rings. The molecule has 0 aliphatic carbocycles. The second-order valence-electron chi connectivity index (χ2n) is 3.38. The highest BCUT2D eigenvalue weighted by Crippen LogP contribution is 2.17. The molecule has 1 heterocycles. The fraction of sp³-hybridized carbons (Fsp3) is 0.545. The highest BCUT2D eigenvalue weighted by Gasteiger charge is 2.09. The van der Waals surface area contributed by atoms with E-state index in [1.165, 1.54) is 0 Å². The molecule has 15 heavy (non-hydrogen) atoms. The summed E-state index contributed by atoms with van der Waals surface area (Å²) < 4.78 is 0. The summed E-state index contributed by atoms with van der Waals surface area (Å²) >= 11 is 0. The lowest BCUT2D eigenvalue weighted by Gasteiger charge is -2.24. The van der Waals surface area contributed by atoms with E-state index in [0.29, 0.717) is 13.1 Å². The van der Waals surface area contributed by atoms with Crippen LogP contribution < -0.4 is 10.6 Å². The van der Waals surface area contributed by atoms with Crippen LogP contribution in [-0.4, -0.2) is 29.8 Å². The Morgan fingerprint density at radius 3 is 2.87 bits per heavy atom. The minimum atomic E-state index is 0.152. The maximum atomic E-state index is 8.99. The first-order valence-corrected chi connectivity index (χ1v) is 5.33. The van der Waals surface area contributed by atoms with Gasteiger partial charge in [0.05, 0.1) is 18.0 Å². The predicted octanol–water partition coefficient (Wildman–Crippen LogP) is 0.749. The van der Waals surface area contributed by atoms with Crippen molar-refractivity contribution in [1.29, 1.82) is 0 Å². The van der Waals surface area contributed by atoms with E-state index in [-0.39, 0.29) is 6.61 Å². The van der Waals surface area contributed by atoms with Gasteiger partial charge in [0.25, 0.3) is 0 Å². The molecule has 1 aromatic heterocycles. The first-order valence-electron chi connectivity index (χ1n) is 5.33. The van der Waals surface area contributed by atoms with Crippen molar-refractivity contribution in [3.63, 3.8) is 0 Å². The number of aliphatic hydroxyl groups is 1. The zero-order valence-electron chi connectivity index (χ0n) is 9.19. The van der Waals surface area contributed by atoms with Crippen LogP contribution >= 0.6 is 0 Å². The molecule has 4 heteroatoms. The molecule has 0 spiro atoms. The van der Waals surface area contributed by atoms with Crippen LogP contribution in [0.1, 0.15) is 19.0 Å². The monoisotopic (exact) mass is 209 g/mol. The largest absolute Gasteiger partial charge is 0.395 e. The van der Waals surface area contributed by atoms with E-state index in [2.05, 4.69) is 16.8 Å². The molecule has 0 atom stereocenters. The Labute approximate surface area is 90.7 Å². The molecule has 0 fully saturated rings. The Kier molecular flexibility index (Phi) is 5.07. The van der Waals surface area contributed by atoms with Crippen LogP contribution in [0.5, 0.6) is 0 Å². The number of pyridine rings is 1. The lowest BCUT2D eigenvalue weighted by atomic mass is 10.2. The Balaban J connectivity index is 2.88. The van der Waals surface area contributed by atoms with Crippen LogP contribution in [0.15, 0.2) is 18.3 Å². The third-order valence-corrected chi connectivity index (χ3v) is 2.26. The molecule has 3 N–H and O–H groups in total. The van der Waals surface area contributed by atoms with E-state index in [0.717, 1.165) is 24.3 Å². The molecule has 0 saturated heterocycles. The summed E-state index contributed by atoms with van der Waals surface area (Å²) in [7, 11) is 0. The average molecular weight is 209 g/mol. The molecule has 1 aromatic rings. The first-order chi connectivity index (χ1) is 7.33. The molecule has 0 bridgehead atoms. The summed E-state index contributed by atoms with van der Waals surface area (Å²) in [5.74, 6) is 0. The molecule has 4 nitrogen and oxygen atoms in total. The van der Waals surface area contributed by atoms with Gasteiger partial charge in [-0.1, -0.05) is 6.92 Å². The maximum Gasteiger partial charge on any atom is 0.0772 e. The van der Waals surface area contributed by atoms with Crippen LogP contribution in [0.25, 0.3) is 0 Å². The summed E-state index contributed by atoms with van der Waals surface area (Å²) in [5.41, 5.74) is 7.56. The second kappa shape index (κ2) is 6.37. The van der Waals surface area contributed by atoms with Gasteiger partial charge in [0.15, 0.2) is 0 Å². The van der Waals surface area contributed by atoms with Crippen molar-refractivity contribution in [2.24, 2.45) is 5.73 Å². The van der Waals surface area contributed by atoms with E-state index < -0.39 is 0 Å². The number of hydrogen-bond acceptors (Lipinski definition) is 4. The van der Waals surface area contributed by atoms with Crippen LogP contribution in [0, 0.1) is 0 Å². The summed E-state index contributed by atoms with van der Waals surface area (Å²) in [6.07, 6.45) is 2.79. The molecule has 0 saturated carbocycles. The van der Waals surface area contributed by atoms with Crippen molar-refractivity contribution in [3.05, 3.63) is 24.0 Å². The summed E-state index contributed by atoms with van der Waals surface area (Å²) in [6.45, 7) is 4.25. The SMILES string of the molecule is CCCN(CCO)c1cccnc1CN. The number of nitrogens with zero attached hydrogens (tertiary/aromatic N) is 2. The molecule has 84 valence electrons. The quantitative estimate of drug-likeness (QED) is 0.725. The van der Waals surface area contributed by atoms with Crippen molar-refractivity contribution < 1.29 is 5.11 Å². The predicted molar refractivity (Wildman–Crippen MR) is 61.7 cm³/mol. The average Bonchev–Trinajstić information content (AvgIpc) is 2.29. The smallest absolute Gasteiger partial charge is 0.0772 e. The van der Waals surface area contributed by atoms with Gasteiger partial charge in [0.1, 0.15) is 0 Å². The van der Waals surface area contributed by atoms with Crippen molar-refractivity contribution in [2.75, 3.05) is 24.6 Å². The minimum absolute atomic E-state index is 0.152. The highest BCUT2D eigenvalue weighted by molar-refractivity contribution is 5.50. The van der Waals surface area contributed by atoms with Gasteiger partial charge in [-0.15, -0.1) is 0 Å². The van der Waals surface area contributed by atoms with Crippen LogP contribution in [0.3, 0.4) is 0 Å². The number of rotatable bonds is 6. The van der Waals surface area contributed by atoms with Gasteiger partial charge in [0, 0.05) is 25.8 Å². The van der Waals surface area contributed by atoms with Gasteiger partial charge < -0.3 is 15.7 Å². The molecule has 0 radical (unpaired) electrons. The number of hydrogen-bond donors (Lipinski definition) is 2. The lowest BCUT2D eigenvalue weighted by Crippen LogP contribution is -2.29. The highest BCUT2D eigenvalue weighted by atomic mass is 16.3. The van der Waals surface area contributed by atoms with Gasteiger partial charge in [0.2, 0.25) is 0 Å². The topological polar surface area (TPSA) is 62.4 Å². The molecule has 0 aliphatic heterocycles. The molecular formula is C11H19N3O. The van der Waals surface area contributed by atoms with Crippen LogP contribution in [-0.2, 0) is 6.54 Å². The maximum absolute atomic E-state index is 8.99. The number of nitrogens with two attached hydrogens (primary N) is 1. The summed E-state index contributed by atoms with van der Waals surface area (Å²) in [6, 6.07) is 3.90. The number of aromatic nitrogens is 1. The van der Waals surface area contributed by atoms with Crippen molar-refractivity contribution in [2.45, 2.75) is 19.9 Å². The number of aliphatic hydroxyl groups excluding tert-OH is 1. The Morgan fingerprint density at radius 2 is 2.27 bits per heavy atom. The van der Waals surface area contributed by atoms with E-state index in [1.54, 1.807) is 6.20 Å². The van der Waals surface area contributed by atoms with Crippen molar-refractivity contribution >= 4 is 5.69 Å². The molecule has 0 aromatic carbocycles. The second-order valence-corrected chi connectivity index (χ2v) is 3.38. The zero-order valence-corrected chi connectivity index (χ0v) is 9.19. The molecule has 0 unspecified atom stereocenters. The van der Waals surface area contributed by atoms with Crippen molar-refractivity contribution in [1.82, 2.24) is 4.98 Å². The van der Waals surface area contributed by atoms with E-state index >= 15 is 0 Å². The van der Waals surface area contributed by atoms with Crippen LogP contribution in [0.2, 0.25) is 0 Å². The normalized spacial score (nSPS) is 10.3. The summed E-state index contributed by atoms with van der Waals surface area (Å²) in [5, 5.41) is 8.99. The van der Waals surface area contributed by atoms with Crippen molar-refractivity contribution in [3.8, 4) is 0 Å². The van der Waals surface area contributed by atoms with Gasteiger partial charge in [-0.2, -0.15) is 0 Å². The van der Waals surface area contributed by atoms with E-state index in [9.17, 15) is 0 Å². The zero-order chi connectivity index (χ0) is 11.1. The fourth-order valence-electron chi connectivity index (χ4n) is 1.62. The Morgan fingerprint density at radius 1 is 1.47 bits per heavy atom. The molecular weight excluding hydrogens is 190 g/mol. The van der Waals surface area contributed by atoms with Gasteiger partial charge in [-0.25, -0.2) is 0 Å². The van der Waals surface area contributed by atoms with Gasteiger partial charge >= 0.3 is 0 Å². The third kappa shape index (κ3) is 3.18. The fourth-order valence-corrected chi connectivity index (χ4v) is 1.62. The summed E-state index contributed by atoms with van der Waals surface area (Å²) in [4.78, 5) is 6.35. The molecule has 1 rings (SSSR count). The van der Waals surface area contributed by atoms with Gasteiger partial charge in [-0.3, -0.25) is 4.98 Å². The Hall–Kier alpha value is -1.13. The lowest BCUT2D eigenvalue weighted by molar-refractivity contribution is 0.301. The van der Waals surface area contributed by atoms with E-state index in [4.69, 9.17) is 10.8 Å². The van der Waals surface area contributed by atoms with Crippen LogP contribution in [0.4, 0.5) is 5.69 Å². The number of anilines is 1. The molecule has 0 amide bonds. The van der Waals surface area contributed by atoms with E-state index in [1.807, 2.05) is 12.1 Å². The van der Waals surface area contributed by atoms with Gasteiger partial charge in [-0.05, 0) is 18.6 Å². The standard InChI is InChI=1S/C11H19N3O/c1-2-6-14(7-8-15)11-4-3-5-13-10(11)9-12/h3-5,15H,2,6-9,12H2,1H3. The third-order valence-electron chi connectivity index (χ3n) is 2.26.